The van der Waals surface area contributed by atoms with Gasteiger partial charge in [0, 0.05) is 23.5 Å². The molecule has 0 unspecified atom stereocenters. The third-order valence-corrected chi connectivity index (χ3v) is 9.11. The predicted molar refractivity (Wildman–Crippen MR) is 149 cm³/mol. The Morgan fingerprint density at radius 1 is 0.865 bits per heavy atom. The number of thioether (sulfide) groups is 1. The van der Waals surface area contributed by atoms with Gasteiger partial charge in [-0.2, -0.15) is 0 Å². The molecular weight excluding hydrogens is 506 g/mol. The van der Waals surface area contributed by atoms with Crippen molar-refractivity contribution < 1.29 is 18.0 Å². The maximum absolute atomic E-state index is 13.0. The standard InChI is InChI=1S/C28H31N3O4S2/c1-31(37(34,35)24-18-16-23(36-2)17-19-24)22-14-12-20(13-15-22)27(32)30-26-11-7-6-10-25(26)28(33)29-21-8-4-3-5-9-21/h6-7,10-19,21H,3-5,8-9H2,1-2H3,(H,29,33)(H,30,32). The van der Waals surface area contributed by atoms with Crippen molar-refractivity contribution >= 4 is 45.0 Å². The average Bonchev–Trinajstić information content (AvgIpc) is 2.93. The van der Waals surface area contributed by atoms with Gasteiger partial charge in [-0.1, -0.05) is 31.4 Å². The molecule has 2 N–H and O–H groups in total. The summed E-state index contributed by atoms with van der Waals surface area (Å²) < 4.78 is 27.3. The molecule has 9 heteroatoms. The minimum atomic E-state index is -3.75. The van der Waals surface area contributed by atoms with Gasteiger partial charge in [0.25, 0.3) is 21.8 Å². The van der Waals surface area contributed by atoms with E-state index in [4.69, 9.17) is 0 Å². The average molecular weight is 538 g/mol. The first-order chi connectivity index (χ1) is 17.8. The summed E-state index contributed by atoms with van der Waals surface area (Å²) in [6, 6.07) is 20.1. The van der Waals surface area contributed by atoms with Crippen molar-refractivity contribution in [2.75, 3.05) is 22.9 Å². The van der Waals surface area contributed by atoms with Crippen molar-refractivity contribution in [1.29, 1.82) is 0 Å². The Hall–Kier alpha value is -3.30. The lowest BCUT2D eigenvalue weighted by atomic mass is 9.95. The first-order valence-electron chi connectivity index (χ1n) is 12.2. The second-order valence-electron chi connectivity index (χ2n) is 9.00. The molecule has 1 saturated carbocycles. The van der Waals surface area contributed by atoms with Crippen molar-refractivity contribution in [3.8, 4) is 0 Å². The van der Waals surface area contributed by atoms with E-state index in [9.17, 15) is 18.0 Å². The molecule has 37 heavy (non-hydrogen) atoms. The number of hydrogen-bond donors (Lipinski definition) is 2. The van der Waals surface area contributed by atoms with Gasteiger partial charge < -0.3 is 10.6 Å². The van der Waals surface area contributed by atoms with E-state index in [1.807, 2.05) is 6.26 Å². The van der Waals surface area contributed by atoms with Crippen LogP contribution in [0.1, 0.15) is 52.8 Å². The molecule has 4 rings (SSSR count). The molecule has 194 valence electrons. The van der Waals surface area contributed by atoms with E-state index in [1.165, 1.54) is 29.5 Å². The van der Waals surface area contributed by atoms with Gasteiger partial charge in [0.05, 0.1) is 21.8 Å². The third-order valence-electron chi connectivity index (χ3n) is 6.57. The number of anilines is 2. The molecule has 7 nitrogen and oxygen atoms in total. The highest BCUT2D eigenvalue weighted by Crippen LogP contribution is 2.25. The van der Waals surface area contributed by atoms with Gasteiger partial charge in [-0.05, 0) is 79.8 Å². The summed E-state index contributed by atoms with van der Waals surface area (Å²) in [6.07, 6.45) is 7.29. The molecule has 0 heterocycles. The zero-order valence-corrected chi connectivity index (χ0v) is 22.6. The van der Waals surface area contributed by atoms with Crippen LogP contribution < -0.4 is 14.9 Å². The normalized spacial score (nSPS) is 14.1. The number of para-hydroxylation sites is 1. The van der Waals surface area contributed by atoms with Crippen LogP contribution in [-0.4, -0.2) is 39.6 Å². The fourth-order valence-electron chi connectivity index (χ4n) is 4.36. The van der Waals surface area contributed by atoms with Crippen molar-refractivity contribution in [3.63, 3.8) is 0 Å². The quantitative estimate of drug-likeness (QED) is 0.368. The number of carbonyl (C=O) groups is 2. The Kier molecular flexibility index (Phi) is 8.56. The molecule has 0 radical (unpaired) electrons. The molecule has 3 aromatic carbocycles. The molecule has 2 amide bonds. The first kappa shape index (κ1) is 26.8. The Morgan fingerprint density at radius 3 is 2.16 bits per heavy atom. The van der Waals surface area contributed by atoms with Gasteiger partial charge >= 0.3 is 0 Å². The van der Waals surface area contributed by atoms with Crippen LogP contribution in [0.3, 0.4) is 0 Å². The molecule has 0 saturated heterocycles. The van der Waals surface area contributed by atoms with Crippen molar-refractivity contribution in [3.05, 3.63) is 83.9 Å². The molecule has 0 spiro atoms. The van der Waals surface area contributed by atoms with Crippen LogP contribution in [0.2, 0.25) is 0 Å². The molecule has 3 aromatic rings. The maximum Gasteiger partial charge on any atom is 0.264 e. The number of hydrogen-bond acceptors (Lipinski definition) is 5. The van der Waals surface area contributed by atoms with Crippen molar-refractivity contribution in [1.82, 2.24) is 5.32 Å². The molecule has 0 aliphatic heterocycles. The summed E-state index contributed by atoms with van der Waals surface area (Å²) in [4.78, 5) is 27.0. The number of nitrogens with one attached hydrogen (secondary N) is 2. The van der Waals surface area contributed by atoms with Crippen LogP contribution in [0.25, 0.3) is 0 Å². The monoisotopic (exact) mass is 537 g/mol. The second kappa shape index (κ2) is 11.8. The predicted octanol–water partition coefficient (Wildman–Crippen LogP) is 5.55. The molecule has 0 bridgehead atoms. The fourth-order valence-corrected chi connectivity index (χ4v) is 5.97. The van der Waals surface area contributed by atoms with Gasteiger partial charge in [-0.25, -0.2) is 8.42 Å². The highest BCUT2D eigenvalue weighted by molar-refractivity contribution is 7.98. The number of carbonyl (C=O) groups excluding carboxylic acids is 2. The number of sulfonamides is 1. The maximum atomic E-state index is 13.0. The highest BCUT2D eigenvalue weighted by atomic mass is 32.2. The SMILES string of the molecule is CSc1ccc(S(=O)(=O)N(C)c2ccc(C(=O)Nc3ccccc3C(=O)NC3CCCCC3)cc2)cc1. The van der Waals surface area contributed by atoms with Crippen LogP contribution in [-0.2, 0) is 10.0 Å². The van der Waals surface area contributed by atoms with Gasteiger partial charge in [-0.15, -0.1) is 11.8 Å². The van der Waals surface area contributed by atoms with E-state index >= 15 is 0 Å². The summed E-state index contributed by atoms with van der Waals surface area (Å²) >= 11 is 1.54. The lowest BCUT2D eigenvalue weighted by Crippen LogP contribution is -2.36. The van der Waals surface area contributed by atoms with Gasteiger partial charge in [0.15, 0.2) is 0 Å². The lowest BCUT2D eigenvalue weighted by molar-refractivity contribution is 0.0928. The Labute approximate surface area is 222 Å². The number of rotatable bonds is 8. The van der Waals surface area contributed by atoms with Crippen LogP contribution in [0.5, 0.6) is 0 Å². The minimum absolute atomic E-state index is 0.161. The first-order valence-corrected chi connectivity index (χ1v) is 14.9. The molecule has 0 atom stereocenters. The molecule has 1 aliphatic carbocycles. The van der Waals surface area contributed by atoms with E-state index in [-0.39, 0.29) is 22.8 Å². The Bertz CT molecular complexity index is 1350. The van der Waals surface area contributed by atoms with E-state index in [0.29, 0.717) is 22.5 Å². The number of amides is 2. The summed E-state index contributed by atoms with van der Waals surface area (Å²) in [5.74, 6) is -0.585. The van der Waals surface area contributed by atoms with Crippen molar-refractivity contribution in [2.45, 2.75) is 47.9 Å². The van der Waals surface area contributed by atoms with Crippen LogP contribution >= 0.6 is 11.8 Å². The van der Waals surface area contributed by atoms with E-state index in [2.05, 4.69) is 10.6 Å². The molecule has 0 aromatic heterocycles. The second-order valence-corrected chi connectivity index (χ2v) is 11.9. The summed E-state index contributed by atoms with van der Waals surface area (Å²) in [7, 11) is -2.27. The van der Waals surface area contributed by atoms with Crippen LogP contribution in [0, 0.1) is 0 Å². The zero-order valence-electron chi connectivity index (χ0n) is 20.9. The van der Waals surface area contributed by atoms with Gasteiger partial charge in [0.1, 0.15) is 0 Å². The summed E-state index contributed by atoms with van der Waals surface area (Å²) in [5.41, 5.74) is 1.62. The van der Waals surface area contributed by atoms with Gasteiger partial charge in [0.2, 0.25) is 0 Å². The van der Waals surface area contributed by atoms with Gasteiger partial charge in [-0.3, -0.25) is 13.9 Å². The largest absolute Gasteiger partial charge is 0.349 e. The Balaban J connectivity index is 1.45. The molecule has 1 fully saturated rings. The molecular formula is C28H31N3O4S2. The molecule has 1 aliphatic rings. The van der Waals surface area contributed by atoms with E-state index in [1.54, 1.807) is 72.8 Å². The fraction of sp³-hybridized carbons (Fsp3) is 0.286. The lowest BCUT2D eigenvalue weighted by Gasteiger charge is -2.23. The topological polar surface area (TPSA) is 95.6 Å². The number of benzene rings is 3. The summed E-state index contributed by atoms with van der Waals surface area (Å²) in [5, 5.41) is 5.92. The summed E-state index contributed by atoms with van der Waals surface area (Å²) in [6.45, 7) is 0. The highest BCUT2D eigenvalue weighted by Gasteiger charge is 2.22. The van der Waals surface area contributed by atoms with Crippen LogP contribution in [0.4, 0.5) is 11.4 Å². The number of nitrogens with zero attached hydrogens (tertiary/aromatic N) is 1. The van der Waals surface area contributed by atoms with E-state index < -0.39 is 10.0 Å². The van der Waals surface area contributed by atoms with Crippen molar-refractivity contribution in [2.24, 2.45) is 0 Å². The minimum Gasteiger partial charge on any atom is -0.349 e. The Morgan fingerprint density at radius 2 is 1.51 bits per heavy atom. The smallest absolute Gasteiger partial charge is 0.264 e. The van der Waals surface area contributed by atoms with Crippen LogP contribution in [0.15, 0.2) is 82.6 Å². The zero-order chi connectivity index (χ0) is 26.4. The van der Waals surface area contributed by atoms with E-state index in [0.717, 1.165) is 30.6 Å². The third kappa shape index (κ3) is 6.34.